The van der Waals surface area contributed by atoms with Crippen LogP contribution in [-0.2, 0) is 4.79 Å². The van der Waals surface area contributed by atoms with Crippen LogP contribution in [-0.4, -0.2) is 58.3 Å². The molecular formula is C20H28N2O4. The summed E-state index contributed by atoms with van der Waals surface area (Å²) in [5, 5.41) is 22.8. The van der Waals surface area contributed by atoms with Gasteiger partial charge in [-0.15, -0.1) is 0 Å². The van der Waals surface area contributed by atoms with Crippen molar-refractivity contribution in [3.05, 3.63) is 35.4 Å². The van der Waals surface area contributed by atoms with Crippen molar-refractivity contribution in [2.24, 2.45) is 0 Å². The number of β-amino-alcohol motifs (C(OH)–C–C–N with tert-alkyl or cyclic N) is 1. The molecule has 1 unspecified atom stereocenters. The second kappa shape index (κ2) is 7.76. The average Bonchev–Trinajstić information content (AvgIpc) is 3.46. The lowest BCUT2D eigenvalue weighted by atomic mass is 9.91. The monoisotopic (exact) mass is 360 g/mol. The Kier molecular flexibility index (Phi) is 5.63. The molecule has 0 aromatic heterocycles. The van der Waals surface area contributed by atoms with Gasteiger partial charge in [0.1, 0.15) is 11.7 Å². The van der Waals surface area contributed by atoms with Gasteiger partial charge in [-0.1, -0.05) is 38.0 Å². The van der Waals surface area contributed by atoms with Crippen molar-refractivity contribution < 1.29 is 19.8 Å². The maximum absolute atomic E-state index is 12.7. The molecule has 1 heterocycles. The molecule has 1 saturated carbocycles. The summed E-state index contributed by atoms with van der Waals surface area (Å²) < 4.78 is 0. The number of aliphatic hydroxyl groups is 2. The van der Waals surface area contributed by atoms with Gasteiger partial charge in [0.25, 0.3) is 5.91 Å². The van der Waals surface area contributed by atoms with Gasteiger partial charge in [-0.05, 0) is 36.8 Å². The smallest absolute Gasteiger partial charge is 0.254 e. The zero-order valence-electron chi connectivity index (χ0n) is 15.3. The van der Waals surface area contributed by atoms with Crippen LogP contribution in [0.25, 0.3) is 0 Å². The number of amides is 2. The van der Waals surface area contributed by atoms with Crippen molar-refractivity contribution in [2.75, 3.05) is 19.6 Å². The Bertz CT molecular complexity index is 666. The third-order valence-corrected chi connectivity index (χ3v) is 5.19. The standard InChI is InChI=1S/C20H28N2O4/c1-2-3-8-17(23)18(24)21-11-20(26)12-22(13-20)19(25)16-7-5-4-6-15(16)14-9-10-14/h4-7,14,17,23,26H,2-3,8-13H2,1H3,(H,21,24). The molecule has 1 aromatic rings. The zero-order chi connectivity index (χ0) is 18.7. The topological polar surface area (TPSA) is 89.9 Å². The van der Waals surface area contributed by atoms with E-state index in [-0.39, 0.29) is 25.5 Å². The van der Waals surface area contributed by atoms with E-state index in [1.54, 1.807) is 4.90 Å². The first-order chi connectivity index (χ1) is 12.4. The average molecular weight is 360 g/mol. The Morgan fingerprint density at radius 2 is 2.00 bits per heavy atom. The van der Waals surface area contributed by atoms with Crippen LogP contribution in [0.5, 0.6) is 0 Å². The number of likely N-dealkylation sites (tertiary alicyclic amines) is 1. The third kappa shape index (κ3) is 4.24. The molecule has 2 amide bonds. The molecule has 0 spiro atoms. The van der Waals surface area contributed by atoms with Gasteiger partial charge in [-0.3, -0.25) is 9.59 Å². The minimum absolute atomic E-state index is 0.0447. The number of hydrogen-bond acceptors (Lipinski definition) is 4. The summed E-state index contributed by atoms with van der Waals surface area (Å²) in [5.74, 6) is -0.0404. The summed E-state index contributed by atoms with van der Waals surface area (Å²) in [7, 11) is 0. The maximum Gasteiger partial charge on any atom is 0.254 e. The normalized spacial score (nSPS) is 19.6. The highest BCUT2D eigenvalue weighted by Gasteiger charge is 2.45. The lowest BCUT2D eigenvalue weighted by Crippen LogP contribution is -2.68. The molecule has 6 nitrogen and oxygen atoms in total. The Balaban J connectivity index is 1.50. The molecule has 26 heavy (non-hydrogen) atoms. The first-order valence-corrected chi connectivity index (χ1v) is 9.50. The zero-order valence-corrected chi connectivity index (χ0v) is 15.3. The van der Waals surface area contributed by atoms with E-state index in [4.69, 9.17) is 0 Å². The fourth-order valence-electron chi connectivity index (χ4n) is 3.43. The molecule has 6 heteroatoms. The molecule has 0 bridgehead atoms. The van der Waals surface area contributed by atoms with Gasteiger partial charge in [-0.25, -0.2) is 0 Å². The highest BCUT2D eigenvalue weighted by Crippen LogP contribution is 2.42. The summed E-state index contributed by atoms with van der Waals surface area (Å²) in [5.41, 5.74) is 0.695. The lowest BCUT2D eigenvalue weighted by molar-refractivity contribution is -0.133. The number of aliphatic hydroxyl groups excluding tert-OH is 1. The quantitative estimate of drug-likeness (QED) is 0.654. The van der Waals surface area contributed by atoms with Gasteiger partial charge < -0.3 is 20.4 Å². The fraction of sp³-hybridized carbons (Fsp3) is 0.600. The van der Waals surface area contributed by atoms with E-state index >= 15 is 0 Å². The third-order valence-electron chi connectivity index (χ3n) is 5.19. The minimum Gasteiger partial charge on any atom is -0.384 e. The second-order valence-corrected chi connectivity index (χ2v) is 7.62. The van der Waals surface area contributed by atoms with Crippen molar-refractivity contribution in [1.82, 2.24) is 10.2 Å². The molecule has 3 rings (SSSR count). The molecule has 1 aliphatic heterocycles. The largest absolute Gasteiger partial charge is 0.384 e. The van der Waals surface area contributed by atoms with E-state index in [1.807, 2.05) is 31.2 Å². The Labute approximate surface area is 154 Å². The highest BCUT2D eigenvalue weighted by atomic mass is 16.3. The number of benzene rings is 1. The number of carbonyl (C=O) groups excluding carboxylic acids is 2. The first kappa shape index (κ1) is 18.9. The van der Waals surface area contributed by atoms with Crippen LogP contribution >= 0.6 is 0 Å². The van der Waals surface area contributed by atoms with Crippen LogP contribution in [0.3, 0.4) is 0 Å². The van der Waals surface area contributed by atoms with Crippen LogP contribution < -0.4 is 5.32 Å². The number of hydrogen-bond donors (Lipinski definition) is 3. The van der Waals surface area contributed by atoms with Gasteiger partial charge in [0.05, 0.1) is 13.1 Å². The van der Waals surface area contributed by atoms with E-state index in [9.17, 15) is 19.8 Å². The number of unbranched alkanes of at least 4 members (excludes halogenated alkanes) is 1. The predicted molar refractivity (Wildman–Crippen MR) is 97.8 cm³/mol. The lowest BCUT2D eigenvalue weighted by Gasteiger charge is -2.46. The van der Waals surface area contributed by atoms with Crippen LogP contribution in [0.4, 0.5) is 0 Å². The summed E-state index contributed by atoms with van der Waals surface area (Å²) in [6.45, 7) is 2.42. The summed E-state index contributed by atoms with van der Waals surface area (Å²) >= 11 is 0. The Morgan fingerprint density at radius 3 is 2.65 bits per heavy atom. The van der Waals surface area contributed by atoms with E-state index in [0.717, 1.165) is 36.8 Å². The molecular weight excluding hydrogens is 332 g/mol. The van der Waals surface area contributed by atoms with Gasteiger partial charge >= 0.3 is 0 Å². The Hall–Kier alpha value is -1.92. The first-order valence-electron chi connectivity index (χ1n) is 9.50. The van der Waals surface area contributed by atoms with Gasteiger partial charge in [0, 0.05) is 12.1 Å². The van der Waals surface area contributed by atoms with Crippen LogP contribution in [0, 0.1) is 0 Å². The molecule has 1 atom stereocenters. The van der Waals surface area contributed by atoms with Crippen molar-refractivity contribution >= 4 is 11.8 Å². The molecule has 1 aromatic carbocycles. The molecule has 1 aliphatic carbocycles. The van der Waals surface area contributed by atoms with Gasteiger partial charge in [0.2, 0.25) is 5.91 Å². The number of nitrogens with zero attached hydrogens (tertiary/aromatic N) is 1. The van der Waals surface area contributed by atoms with Crippen molar-refractivity contribution in [2.45, 2.75) is 56.7 Å². The summed E-state index contributed by atoms with van der Waals surface area (Å²) in [4.78, 5) is 26.2. The highest BCUT2D eigenvalue weighted by molar-refractivity contribution is 5.96. The minimum atomic E-state index is -1.12. The van der Waals surface area contributed by atoms with Crippen molar-refractivity contribution in [3.8, 4) is 0 Å². The molecule has 142 valence electrons. The number of nitrogens with one attached hydrogen (secondary N) is 1. The van der Waals surface area contributed by atoms with Crippen LogP contribution in [0.15, 0.2) is 24.3 Å². The Morgan fingerprint density at radius 1 is 1.31 bits per heavy atom. The molecule has 0 radical (unpaired) electrons. The summed E-state index contributed by atoms with van der Waals surface area (Å²) in [6, 6.07) is 7.67. The maximum atomic E-state index is 12.7. The number of rotatable bonds is 8. The molecule has 1 saturated heterocycles. The fourth-order valence-corrected chi connectivity index (χ4v) is 3.43. The van der Waals surface area contributed by atoms with E-state index in [2.05, 4.69) is 5.32 Å². The van der Waals surface area contributed by atoms with Crippen LogP contribution in [0.1, 0.15) is 60.9 Å². The molecule has 2 fully saturated rings. The second-order valence-electron chi connectivity index (χ2n) is 7.62. The van der Waals surface area contributed by atoms with Crippen molar-refractivity contribution in [3.63, 3.8) is 0 Å². The van der Waals surface area contributed by atoms with Gasteiger partial charge in [0.15, 0.2) is 0 Å². The van der Waals surface area contributed by atoms with Gasteiger partial charge in [-0.2, -0.15) is 0 Å². The number of carbonyl (C=O) groups is 2. The molecule has 2 aliphatic rings. The van der Waals surface area contributed by atoms with E-state index < -0.39 is 17.6 Å². The van der Waals surface area contributed by atoms with E-state index in [0.29, 0.717) is 12.3 Å². The van der Waals surface area contributed by atoms with E-state index in [1.165, 1.54) is 0 Å². The van der Waals surface area contributed by atoms with Crippen LogP contribution in [0.2, 0.25) is 0 Å². The predicted octanol–water partition coefficient (Wildman–Crippen LogP) is 1.42. The SMILES string of the molecule is CCCCC(O)C(=O)NCC1(O)CN(C(=O)c2ccccc2C2CC2)C1. The summed E-state index contributed by atoms with van der Waals surface area (Å²) in [6.07, 6.45) is 3.32. The van der Waals surface area contributed by atoms with Crippen molar-refractivity contribution in [1.29, 1.82) is 0 Å². The molecule has 3 N–H and O–H groups in total.